The van der Waals surface area contributed by atoms with E-state index in [2.05, 4.69) is 5.32 Å². The number of nitrogens with one attached hydrogen (secondary N) is 1. The number of carbonyl (C=O) groups excluding carboxylic acids is 1. The van der Waals surface area contributed by atoms with Crippen LogP contribution in [0.15, 0.2) is 83.8 Å². The second-order valence-electron chi connectivity index (χ2n) is 9.30. The first-order valence-electron chi connectivity index (χ1n) is 12.7. The van der Waals surface area contributed by atoms with Gasteiger partial charge in [0.1, 0.15) is 0 Å². The molecule has 1 aliphatic heterocycles. The molecule has 1 unspecified atom stereocenters. The molecule has 196 valence electrons. The summed E-state index contributed by atoms with van der Waals surface area (Å²) < 4.78 is 34.6. The van der Waals surface area contributed by atoms with E-state index < -0.39 is 10.0 Å². The van der Waals surface area contributed by atoms with E-state index in [1.54, 1.807) is 24.3 Å². The van der Waals surface area contributed by atoms with Crippen LogP contribution in [0.3, 0.4) is 0 Å². The number of sulfonamides is 1. The van der Waals surface area contributed by atoms with Crippen LogP contribution in [0, 0.1) is 5.92 Å². The number of nitrogens with zero attached hydrogens (tertiary/aromatic N) is 1. The predicted molar refractivity (Wildman–Crippen MR) is 146 cm³/mol. The minimum absolute atomic E-state index is 0.126. The van der Waals surface area contributed by atoms with E-state index in [0.29, 0.717) is 29.5 Å². The second kappa shape index (κ2) is 12.7. The van der Waals surface area contributed by atoms with Gasteiger partial charge in [-0.3, -0.25) is 4.79 Å². The van der Waals surface area contributed by atoms with Crippen LogP contribution in [0.4, 0.5) is 0 Å². The van der Waals surface area contributed by atoms with Gasteiger partial charge in [0.15, 0.2) is 0 Å². The highest BCUT2D eigenvalue weighted by molar-refractivity contribution is 7.89. The van der Waals surface area contributed by atoms with E-state index in [1.807, 2.05) is 49.4 Å². The molecule has 1 fully saturated rings. The van der Waals surface area contributed by atoms with E-state index in [9.17, 15) is 13.2 Å². The fraction of sp³-hybridized carbons (Fsp3) is 0.345. The van der Waals surface area contributed by atoms with E-state index >= 15 is 0 Å². The van der Waals surface area contributed by atoms with Gasteiger partial charge in [-0.2, -0.15) is 4.31 Å². The largest absolute Gasteiger partial charge is 0.381 e. The highest BCUT2D eigenvalue weighted by Crippen LogP contribution is 2.32. The van der Waals surface area contributed by atoms with E-state index in [1.165, 1.54) is 16.4 Å². The van der Waals surface area contributed by atoms with Crippen LogP contribution in [0.5, 0.6) is 0 Å². The number of rotatable bonds is 10. The third-order valence-corrected chi connectivity index (χ3v) is 8.91. The highest BCUT2D eigenvalue weighted by atomic mass is 35.5. The predicted octanol–water partition coefficient (Wildman–Crippen LogP) is 5.84. The molecule has 3 aromatic rings. The number of amides is 1. The van der Waals surface area contributed by atoms with Crippen molar-refractivity contribution in [2.24, 2.45) is 5.92 Å². The summed E-state index contributed by atoms with van der Waals surface area (Å²) >= 11 is 6.02. The number of carbonyl (C=O) groups is 1. The zero-order valence-corrected chi connectivity index (χ0v) is 22.5. The maximum Gasteiger partial charge on any atom is 0.251 e. The maximum atomic E-state index is 13.8. The van der Waals surface area contributed by atoms with Crippen LogP contribution >= 0.6 is 11.6 Å². The average Bonchev–Trinajstić information content (AvgIpc) is 2.93. The molecule has 37 heavy (non-hydrogen) atoms. The molecule has 1 amide bonds. The molecule has 1 N–H and O–H groups in total. The zero-order valence-electron chi connectivity index (χ0n) is 21.0. The normalized spacial score (nSPS) is 15.4. The second-order valence-corrected chi connectivity index (χ2v) is 11.6. The minimum atomic E-state index is -3.84. The summed E-state index contributed by atoms with van der Waals surface area (Å²) in [5.41, 5.74) is 2.28. The van der Waals surface area contributed by atoms with Gasteiger partial charge in [0, 0.05) is 36.9 Å². The molecule has 1 aliphatic rings. The van der Waals surface area contributed by atoms with E-state index in [4.69, 9.17) is 16.3 Å². The molecule has 0 aromatic heterocycles. The molecular weight excluding hydrogens is 508 g/mol. The van der Waals surface area contributed by atoms with E-state index in [-0.39, 0.29) is 23.4 Å². The number of ether oxygens (including phenoxy) is 1. The Kier molecular flexibility index (Phi) is 9.38. The van der Waals surface area contributed by atoms with Crippen molar-refractivity contribution in [2.45, 2.75) is 43.7 Å². The summed E-state index contributed by atoms with van der Waals surface area (Å²) in [6.45, 7) is 4.27. The van der Waals surface area contributed by atoms with Crippen molar-refractivity contribution < 1.29 is 17.9 Å². The van der Waals surface area contributed by atoms with Crippen molar-refractivity contribution in [1.82, 2.24) is 9.62 Å². The summed E-state index contributed by atoms with van der Waals surface area (Å²) in [4.78, 5) is 12.9. The third-order valence-electron chi connectivity index (χ3n) is 6.79. The van der Waals surface area contributed by atoms with Crippen LogP contribution < -0.4 is 5.32 Å². The monoisotopic (exact) mass is 540 g/mol. The van der Waals surface area contributed by atoms with Gasteiger partial charge in [0.25, 0.3) is 5.91 Å². The zero-order chi connectivity index (χ0) is 26.3. The molecular formula is C29H33ClN2O4S. The van der Waals surface area contributed by atoms with Crippen molar-refractivity contribution in [3.63, 3.8) is 0 Å². The standard InChI is InChI=1S/C29H33ClN2O4S/c1-2-28(24-6-4-3-5-7-24)32(37(34,35)27-14-12-26(30)13-15-27)21-23-8-10-25(11-9-23)29(33)31-20-22-16-18-36-19-17-22/h3-15,22,28H,2,16-21H2,1H3,(H,31,33). The van der Waals surface area contributed by atoms with Crippen LogP contribution in [0.25, 0.3) is 0 Å². The first kappa shape index (κ1) is 27.3. The lowest BCUT2D eigenvalue weighted by molar-refractivity contribution is 0.0642. The molecule has 6 nitrogen and oxygen atoms in total. The molecule has 0 saturated carbocycles. The minimum Gasteiger partial charge on any atom is -0.381 e. The molecule has 1 saturated heterocycles. The molecule has 4 rings (SSSR count). The lowest BCUT2D eigenvalue weighted by Crippen LogP contribution is -2.34. The van der Waals surface area contributed by atoms with Crippen molar-refractivity contribution >= 4 is 27.5 Å². The van der Waals surface area contributed by atoms with Crippen LogP contribution in [-0.4, -0.2) is 38.4 Å². The van der Waals surface area contributed by atoms with E-state index in [0.717, 1.165) is 37.2 Å². The van der Waals surface area contributed by atoms with Gasteiger partial charge >= 0.3 is 0 Å². The summed E-state index contributed by atoms with van der Waals surface area (Å²) in [5.74, 6) is 0.312. The molecule has 3 aromatic carbocycles. The maximum absolute atomic E-state index is 13.8. The Labute approximate surface area is 224 Å². The average molecular weight is 541 g/mol. The van der Waals surface area contributed by atoms with Gasteiger partial charge < -0.3 is 10.1 Å². The van der Waals surface area contributed by atoms with Crippen molar-refractivity contribution in [1.29, 1.82) is 0 Å². The third kappa shape index (κ3) is 6.99. The fourth-order valence-electron chi connectivity index (χ4n) is 4.62. The summed E-state index contributed by atoms with van der Waals surface area (Å²) in [6, 6.07) is 22.7. The Morgan fingerprint density at radius 1 is 1.00 bits per heavy atom. The molecule has 0 spiro atoms. The number of hydrogen-bond donors (Lipinski definition) is 1. The lowest BCUT2D eigenvalue weighted by atomic mass is 10.0. The van der Waals surface area contributed by atoms with Crippen molar-refractivity contribution in [3.8, 4) is 0 Å². The highest BCUT2D eigenvalue weighted by Gasteiger charge is 2.32. The van der Waals surface area contributed by atoms with Crippen molar-refractivity contribution in [2.75, 3.05) is 19.8 Å². The number of hydrogen-bond acceptors (Lipinski definition) is 4. The first-order chi connectivity index (χ1) is 17.9. The quantitative estimate of drug-likeness (QED) is 0.350. The van der Waals surface area contributed by atoms with Crippen LogP contribution in [0.2, 0.25) is 5.02 Å². The molecule has 1 atom stereocenters. The van der Waals surface area contributed by atoms with Gasteiger partial charge in [0.05, 0.1) is 10.9 Å². The Bertz CT molecular complexity index is 1260. The Balaban J connectivity index is 1.55. The number of benzene rings is 3. The molecule has 0 bridgehead atoms. The molecule has 8 heteroatoms. The lowest BCUT2D eigenvalue weighted by Gasteiger charge is -2.31. The Hall–Kier alpha value is -2.71. The molecule has 0 radical (unpaired) electrons. The van der Waals surface area contributed by atoms with Crippen molar-refractivity contribution in [3.05, 3.63) is 101 Å². The van der Waals surface area contributed by atoms with Crippen LogP contribution in [-0.2, 0) is 21.3 Å². The Morgan fingerprint density at radius 3 is 2.27 bits per heavy atom. The SMILES string of the molecule is CCC(c1ccccc1)N(Cc1ccc(C(=O)NCC2CCOCC2)cc1)S(=O)(=O)c1ccc(Cl)cc1. The van der Waals surface area contributed by atoms with Gasteiger partial charge in [-0.25, -0.2) is 8.42 Å². The van der Waals surface area contributed by atoms with Gasteiger partial charge in [-0.1, -0.05) is 61.0 Å². The molecule has 0 aliphatic carbocycles. The Morgan fingerprint density at radius 2 is 1.65 bits per heavy atom. The van der Waals surface area contributed by atoms with Gasteiger partial charge in [-0.15, -0.1) is 0 Å². The smallest absolute Gasteiger partial charge is 0.251 e. The summed E-state index contributed by atoms with van der Waals surface area (Å²) in [7, 11) is -3.84. The molecule has 1 heterocycles. The van der Waals surface area contributed by atoms with Crippen LogP contribution in [0.1, 0.15) is 53.7 Å². The van der Waals surface area contributed by atoms with Gasteiger partial charge in [0.2, 0.25) is 10.0 Å². The fourth-order valence-corrected chi connectivity index (χ4v) is 6.42. The summed E-state index contributed by atoms with van der Waals surface area (Å²) in [5, 5.41) is 3.49. The van der Waals surface area contributed by atoms with Gasteiger partial charge in [-0.05, 0) is 72.7 Å². The first-order valence-corrected chi connectivity index (χ1v) is 14.5. The number of halogens is 1. The summed E-state index contributed by atoms with van der Waals surface area (Å²) in [6.07, 6.45) is 2.51. The topological polar surface area (TPSA) is 75.7 Å².